The molecule has 0 bridgehead atoms. The second kappa shape index (κ2) is 6.55. The highest BCUT2D eigenvalue weighted by atomic mass is 32.2. The van der Waals surface area contributed by atoms with Gasteiger partial charge in [-0.3, -0.25) is 0 Å². The normalized spacial score (nSPS) is 9.00. The number of rotatable bonds is 4. The molecule has 0 heterocycles. The Balaban J connectivity index is 2.16. The predicted molar refractivity (Wildman–Crippen MR) is 54.8 cm³/mol. The van der Waals surface area contributed by atoms with Gasteiger partial charge >= 0.3 is 0 Å². The first-order valence-corrected chi connectivity index (χ1v) is 4.68. The molecule has 0 atom stereocenters. The quantitative estimate of drug-likeness (QED) is 0.343. The molecule has 0 fully saturated rings. The third kappa shape index (κ3) is 4.58. The maximum atomic E-state index is 5.09. The average molecular weight is 193 g/mol. The number of hydrogen-bond donors (Lipinski definition) is 1. The lowest BCUT2D eigenvalue weighted by molar-refractivity contribution is 0.256. The molecule has 0 saturated heterocycles. The van der Waals surface area contributed by atoms with E-state index in [0.29, 0.717) is 6.54 Å². The van der Waals surface area contributed by atoms with Gasteiger partial charge in [0.05, 0.1) is 18.6 Å². The van der Waals surface area contributed by atoms with Crippen molar-refractivity contribution < 1.29 is 4.28 Å². The maximum Gasteiger partial charge on any atom is 0.0833 e. The van der Waals surface area contributed by atoms with E-state index in [1.54, 1.807) is 6.92 Å². The summed E-state index contributed by atoms with van der Waals surface area (Å²) < 4.78 is 5.09. The van der Waals surface area contributed by atoms with Crippen LogP contribution in [0.4, 0.5) is 0 Å². The lowest BCUT2D eigenvalue weighted by atomic mass is 10.4. The molecule has 0 aliphatic heterocycles. The fourth-order valence-corrected chi connectivity index (χ4v) is 1.19. The van der Waals surface area contributed by atoms with Crippen molar-refractivity contribution in [1.82, 2.24) is 5.48 Å². The van der Waals surface area contributed by atoms with Gasteiger partial charge in [-0.25, -0.2) is 4.28 Å². The van der Waals surface area contributed by atoms with Crippen molar-refractivity contribution in [2.24, 2.45) is 0 Å². The van der Waals surface area contributed by atoms with E-state index in [0.717, 1.165) is 4.90 Å². The second-order valence-corrected chi connectivity index (χ2v) is 3.03. The molecule has 1 N–H and O–H groups in total. The third-order valence-corrected chi connectivity index (χ3v) is 1.94. The summed E-state index contributed by atoms with van der Waals surface area (Å²) in [6, 6.07) is 9.88. The van der Waals surface area contributed by atoms with Crippen molar-refractivity contribution in [1.29, 1.82) is 0 Å². The van der Waals surface area contributed by atoms with Gasteiger partial charge in [0.2, 0.25) is 0 Å². The Morgan fingerprint density at radius 2 is 2.15 bits per heavy atom. The van der Waals surface area contributed by atoms with E-state index in [1.165, 1.54) is 12.0 Å². The van der Waals surface area contributed by atoms with E-state index < -0.39 is 0 Å². The van der Waals surface area contributed by atoms with Gasteiger partial charge in [0.1, 0.15) is 0 Å². The zero-order valence-electron chi connectivity index (χ0n) is 7.41. The summed E-state index contributed by atoms with van der Waals surface area (Å²) in [5, 5.41) is 0. The van der Waals surface area contributed by atoms with Gasteiger partial charge in [0, 0.05) is 4.90 Å². The Morgan fingerprint density at radius 1 is 1.38 bits per heavy atom. The van der Waals surface area contributed by atoms with Crippen molar-refractivity contribution >= 4 is 12.0 Å². The van der Waals surface area contributed by atoms with Crippen LogP contribution in [0.25, 0.3) is 0 Å². The highest BCUT2D eigenvalue weighted by Gasteiger charge is 1.90. The van der Waals surface area contributed by atoms with Crippen molar-refractivity contribution in [3.05, 3.63) is 30.3 Å². The molecular formula is C10H11NOS. The molecular weight excluding hydrogens is 182 g/mol. The molecule has 0 spiro atoms. The van der Waals surface area contributed by atoms with Gasteiger partial charge in [-0.15, -0.1) is 5.92 Å². The van der Waals surface area contributed by atoms with Gasteiger partial charge in [0.25, 0.3) is 0 Å². The molecule has 0 aromatic heterocycles. The van der Waals surface area contributed by atoms with Crippen LogP contribution >= 0.6 is 12.0 Å². The Kier molecular flexibility index (Phi) is 5.11. The summed E-state index contributed by atoms with van der Waals surface area (Å²) in [5.41, 5.74) is 2.72. The van der Waals surface area contributed by atoms with Crippen LogP contribution in [-0.4, -0.2) is 6.54 Å². The van der Waals surface area contributed by atoms with Crippen molar-refractivity contribution in [3.8, 4) is 11.8 Å². The molecule has 1 aromatic rings. The number of hydrogen-bond acceptors (Lipinski definition) is 3. The molecule has 3 heteroatoms. The van der Waals surface area contributed by atoms with E-state index in [1.807, 2.05) is 30.3 Å². The fourth-order valence-electron chi connectivity index (χ4n) is 0.708. The fraction of sp³-hybridized carbons (Fsp3) is 0.200. The summed E-state index contributed by atoms with van der Waals surface area (Å²) in [5.74, 6) is 5.60. The summed E-state index contributed by atoms with van der Waals surface area (Å²) in [6.45, 7) is 2.35. The summed E-state index contributed by atoms with van der Waals surface area (Å²) >= 11 is 1.29. The SMILES string of the molecule is CC#CCNOSc1ccccc1. The standard InChI is InChI=1S/C10H11NOS/c1-2-3-9-11-12-13-10-7-5-4-6-8-10/h4-8,11H,9H2,1H3. The molecule has 0 unspecified atom stereocenters. The van der Waals surface area contributed by atoms with Gasteiger partial charge in [-0.1, -0.05) is 24.1 Å². The van der Waals surface area contributed by atoms with Crippen molar-refractivity contribution in [3.63, 3.8) is 0 Å². The molecule has 0 aliphatic rings. The van der Waals surface area contributed by atoms with Crippen LogP contribution in [0.3, 0.4) is 0 Å². The highest BCUT2D eigenvalue weighted by molar-refractivity contribution is 7.94. The Hall–Kier alpha value is -0.950. The summed E-state index contributed by atoms with van der Waals surface area (Å²) in [4.78, 5) is 1.07. The van der Waals surface area contributed by atoms with Gasteiger partial charge < -0.3 is 0 Å². The van der Waals surface area contributed by atoms with Crippen LogP contribution in [0.15, 0.2) is 35.2 Å². The van der Waals surface area contributed by atoms with Crippen LogP contribution in [0, 0.1) is 11.8 Å². The molecule has 1 rings (SSSR count). The van der Waals surface area contributed by atoms with Gasteiger partial charge in [0.15, 0.2) is 0 Å². The predicted octanol–water partition coefficient (Wildman–Crippen LogP) is 2.24. The minimum atomic E-state index is 0.552. The molecule has 68 valence electrons. The molecule has 0 amide bonds. The molecule has 1 aromatic carbocycles. The summed E-state index contributed by atoms with van der Waals surface area (Å²) in [6.07, 6.45) is 0. The summed E-state index contributed by atoms with van der Waals surface area (Å²) in [7, 11) is 0. The largest absolute Gasteiger partial charge is 0.225 e. The Bertz CT molecular complexity index is 289. The van der Waals surface area contributed by atoms with Crippen LogP contribution in [0.1, 0.15) is 6.92 Å². The lowest BCUT2D eigenvalue weighted by Gasteiger charge is -1.99. The zero-order chi connectivity index (χ0) is 9.36. The number of benzene rings is 1. The van der Waals surface area contributed by atoms with Gasteiger partial charge in [-0.05, 0) is 19.1 Å². The van der Waals surface area contributed by atoms with E-state index in [-0.39, 0.29) is 0 Å². The minimum absolute atomic E-state index is 0.552. The third-order valence-electron chi connectivity index (χ3n) is 1.28. The molecule has 0 saturated carbocycles. The van der Waals surface area contributed by atoms with Crippen LogP contribution in [0.2, 0.25) is 0 Å². The van der Waals surface area contributed by atoms with Crippen molar-refractivity contribution in [2.75, 3.05) is 6.54 Å². The lowest BCUT2D eigenvalue weighted by Crippen LogP contribution is -2.09. The van der Waals surface area contributed by atoms with Gasteiger partial charge in [-0.2, -0.15) is 5.48 Å². The van der Waals surface area contributed by atoms with Crippen LogP contribution in [-0.2, 0) is 4.28 Å². The highest BCUT2D eigenvalue weighted by Crippen LogP contribution is 2.15. The van der Waals surface area contributed by atoms with Crippen LogP contribution in [0.5, 0.6) is 0 Å². The second-order valence-electron chi connectivity index (χ2n) is 2.23. The molecule has 0 aliphatic carbocycles. The van der Waals surface area contributed by atoms with Crippen molar-refractivity contribution in [2.45, 2.75) is 11.8 Å². The Labute approximate surface area is 82.8 Å². The number of nitrogens with one attached hydrogen (secondary N) is 1. The average Bonchev–Trinajstić information content (AvgIpc) is 2.19. The maximum absolute atomic E-state index is 5.09. The van der Waals surface area contributed by atoms with E-state index in [9.17, 15) is 0 Å². The topological polar surface area (TPSA) is 21.3 Å². The smallest absolute Gasteiger partial charge is 0.0833 e. The molecule has 13 heavy (non-hydrogen) atoms. The molecule has 2 nitrogen and oxygen atoms in total. The first-order chi connectivity index (χ1) is 6.43. The minimum Gasteiger partial charge on any atom is -0.225 e. The van der Waals surface area contributed by atoms with E-state index >= 15 is 0 Å². The van der Waals surface area contributed by atoms with E-state index in [2.05, 4.69) is 17.3 Å². The zero-order valence-corrected chi connectivity index (χ0v) is 8.23. The monoisotopic (exact) mass is 193 g/mol. The van der Waals surface area contributed by atoms with Crippen LogP contribution < -0.4 is 5.48 Å². The van der Waals surface area contributed by atoms with E-state index in [4.69, 9.17) is 4.28 Å². The number of hydroxylamine groups is 1. The first-order valence-electron chi connectivity index (χ1n) is 3.94. The first kappa shape index (κ1) is 10.1. The Morgan fingerprint density at radius 3 is 2.85 bits per heavy atom. The molecule has 0 radical (unpaired) electrons.